The van der Waals surface area contributed by atoms with E-state index < -0.39 is 5.82 Å². The maximum Gasteiger partial charge on any atom is 0.260 e. The van der Waals surface area contributed by atoms with Crippen LogP contribution in [0, 0.1) is 5.82 Å². The molecule has 1 aliphatic rings. The Balaban J connectivity index is 1.39. The van der Waals surface area contributed by atoms with Crippen molar-refractivity contribution < 1.29 is 18.7 Å². The monoisotopic (exact) mass is 396 g/mol. The molecule has 0 aliphatic carbocycles. The van der Waals surface area contributed by atoms with Gasteiger partial charge in [0.15, 0.2) is 16.6 Å². The third-order valence-electron chi connectivity index (χ3n) is 4.22. The molecule has 4 aromatic rings. The van der Waals surface area contributed by atoms with E-state index in [1.807, 2.05) is 6.07 Å². The number of para-hydroxylation sites is 1. The molecule has 0 radical (unpaired) electrons. The Bertz CT molecular complexity index is 1160. The average Bonchev–Trinajstić information content (AvgIpc) is 3.33. The molecule has 0 saturated carbocycles. The minimum Gasteiger partial charge on any atom is -0.486 e. The Kier molecular flexibility index (Phi) is 3.94. The Hall–Kier alpha value is -3.46. The summed E-state index contributed by atoms with van der Waals surface area (Å²) in [5.74, 6) is 0.524. The zero-order valence-corrected chi connectivity index (χ0v) is 15.2. The third kappa shape index (κ3) is 2.95. The van der Waals surface area contributed by atoms with Gasteiger partial charge in [0.1, 0.15) is 24.7 Å². The van der Waals surface area contributed by atoms with Crippen LogP contribution in [0.2, 0.25) is 0 Å². The predicted molar refractivity (Wildman–Crippen MR) is 102 cm³/mol. The first-order chi connectivity index (χ1) is 13.7. The number of nitrogens with zero attached hydrogens (tertiary/aromatic N) is 3. The molecule has 2 aromatic carbocycles. The van der Waals surface area contributed by atoms with Crippen molar-refractivity contribution in [2.45, 2.75) is 0 Å². The molecule has 0 saturated heterocycles. The molecule has 1 N–H and O–H groups in total. The van der Waals surface area contributed by atoms with Gasteiger partial charge in [0.25, 0.3) is 5.91 Å². The van der Waals surface area contributed by atoms with Gasteiger partial charge in [-0.05, 0) is 12.1 Å². The fraction of sp³-hybridized carbons (Fsp3) is 0.105. The second-order valence-electron chi connectivity index (χ2n) is 6.06. The topological polar surface area (TPSA) is 78.3 Å². The third-order valence-corrected chi connectivity index (χ3v) is 5.15. The van der Waals surface area contributed by atoms with E-state index in [1.54, 1.807) is 24.3 Å². The van der Waals surface area contributed by atoms with Gasteiger partial charge in [0, 0.05) is 18.3 Å². The normalized spacial score (nSPS) is 12.9. The first-order valence-corrected chi connectivity index (χ1v) is 9.30. The smallest absolute Gasteiger partial charge is 0.260 e. The predicted octanol–water partition coefficient (Wildman–Crippen LogP) is 3.64. The van der Waals surface area contributed by atoms with Crippen LogP contribution in [0.5, 0.6) is 11.5 Å². The van der Waals surface area contributed by atoms with Crippen LogP contribution in [-0.4, -0.2) is 33.9 Å². The molecule has 1 amide bonds. The zero-order chi connectivity index (χ0) is 19.1. The van der Waals surface area contributed by atoms with Crippen molar-refractivity contribution in [3.8, 4) is 17.2 Å². The van der Waals surface area contributed by atoms with Crippen molar-refractivity contribution in [1.82, 2.24) is 14.8 Å². The van der Waals surface area contributed by atoms with Crippen LogP contribution in [-0.2, 0) is 0 Å². The molecular formula is C19H13FN4O3S. The van der Waals surface area contributed by atoms with Crippen molar-refractivity contribution in [3.05, 3.63) is 60.2 Å². The fourth-order valence-electron chi connectivity index (χ4n) is 2.90. The molecule has 0 spiro atoms. The van der Waals surface area contributed by atoms with Crippen LogP contribution in [0.4, 0.5) is 9.52 Å². The lowest BCUT2D eigenvalue weighted by molar-refractivity contribution is 0.102. The highest BCUT2D eigenvalue weighted by atomic mass is 32.1. The van der Waals surface area contributed by atoms with E-state index in [9.17, 15) is 9.18 Å². The first kappa shape index (κ1) is 16.7. The maximum absolute atomic E-state index is 13.9. The Morgan fingerprint density at radius 3 is 2.79 bits per heavy atom. The summed E-state index contributed by atoms with van der Waals surface area (Å²) in [5.41, 5.74) is 1.28. The van der Waals surface area contributed by atoms with Gasteiger partial charge in [-0.1, -0.05) is 23.5 Å². The molecule has 3 heterocycles. The molecule has 7 nitrogen and oxygen atoms in total. The Morgan fingerprint density at radius 1 is 1.18 bits per heavy atom. The maximum atomic E-state index is 13.9. The van der Waals surface area contributed by atoms with Crippen molar-refractivity contribution in [2.75, 3.05) is 18.5 Å². The molecule has 2 aromatic heterocycles. The number of anilines is 1. The number of carbonyl (C=O) groups is 1. The number of carbonyl (C=O) groups excluding carboxylic acids is 1. The first-order valence-electron chi connectivity index (χ1n) is 8.48. The Labute approximate surface area is 162 Å². The number of halogens is 1. The van der Waals surface area contributed by atoms with Gasteiger partial charge in [-0.3, -0.25) is 10.1 Å². The molecule has 0 atom stereocenters. The van der Waals surface area contributed by atoms with Gasteiger partial charge < -0.3 is 9.47 Å². The molecule has 28 heavy (non-hydrogen) atoms. The van der Waals surface area contributed by atoms with E-state index >= 15 is 0 Å². The molecular weight excluding hydrogens is 383 g/mol. The lowest BCUT2D eigenvalue weighted by Crippen LogP contribution is -2.15. The van der Waals surface area contributed by atoms with E-state index in [4.69, 9.17) is 9.47 Å². The lowest BCUT2D eigenvalue weighted by Gasteiger charge is -2.17. The number of aromatic nitrogens is 3. The van der Waals surface area contributed by atoms with Crippen LogP contribution in [0.3, 0.4) is 0 Å². The highest BCUT2D eigenvalue weighted by Crippen LogP contribution is 2.37. The number of hydrogen-bond acceptors (Lipinski definition) is 6. The lowest BCUT2D eigenvalue weighted by atomic mass is 10.3. The van der Waals surface area contributed by atoms with Gasteiger partial charge in [0.05, 0.1) is 22.0 Å². The van der Waals surface area contributed by atoms with E-state index in [1.165, 1.54) is 34.5 Å². The summed E-state index contributed by atoms with van der Waals surface area (Å²) in [6.45, 7) is 1.01. The highest BCUT2D eigenvalue weighted by molar-refractivity contribution is 7.22. The summed E-state index contributed by atoms with van der Waals surface area (Å²) in [4.78, 5) is 17.0. The van der Waals surface area contributed by atoms with Gasteiger partial charge in [-0.2, -0.15) is 5.10 Å². The van der Waals surface area contributed by atoms with Gasteiger partial charge in [-0.25, -0.2) is 14.1 Å². The minimum absolute atomic E-state index is 0.270. The summed E-state index contributed by atoms with van der Waals surface area (Å²) in [5, 5.41) is 7.27. The molecule has 0 unspecified atom stereocenters. The van der Waals surface area contributed by atoms with Gasteiger partial charge >= 0.3 is 0 Å². The van der Waals surface area contributed by atoms with E-state index in [2.05, 4.69) is 15.4 Å². The second-order valence-corrected chi connectivity index (χ2v) is 7.09. The molecule has 9 heteroatoms. The number of thiazole rings is 1. The number of nitrogens with one attached hydrogen (secondary N) is 1. The second kappa shape index (κ2) is 6.61. The summed E-state index contributed by atoms with van der Waals surface area (Å²) in [6, 6.07) is 9.87. The molecule has 0 fully saturated rings. The summed E-state index contributed by atoms with van der Waals surface area (Å²) >= 11 is 1.33. The van der Waals surface area contributed by atoms with E-state index in [0.717, 1.165) is 4.70 Å². The summed E-state index contributed by atoms with van der Waals surface area (Å²) in [7, 11) is 0. The number of rotatable bonds is 3. The average molecular weight is 396 g/mol. The van der Waals surface area contributed by atoms with Crippen LogP contribution >= 0.6 is 11.3 Å². The quantitative estimate of drug-likeness (QED) is 0.572. The van der Waals surface area contributed by atoms with Crippen molar-refractivity contribution in [2.24, 2.45) is 0 Å². The van der Waals surface area contributed by atoms with Crippen LogP contribution < -0.4 is 14.8 Å². The van der Waals surface area contributed by atoms with Crippen LogP contribution in [0.1, 0.15) is 10.4 Å². The van der Waals surface area contributed by atoms with E-state index in [0.29, 0.717) is 40.9 Å². The number of ether oxygens (including phenoxy) is 2. The molecule has 140 valence electrons. The van der Waals surface area contributed by atoms with Gasteiger partial charge in [0.2, 0.25) is 0 Å². The summed E-state index contributed by atoms with van der Waals surface area (Å²) < 4.78 is 27.2. The molecule has 0 bridgehead atoms. The number of amides is 1. The number of fused-ring (bicyclic) bond motifs is 2. The molecule has 1 aliphatic heterocycles. The van der Waals surface area contributed by atoms with Gasteiger partial charge in [-0.15, -0.1) is 0 Å². The summed E-state index contributed by atoms with van der Waals surface area (Å²) in [6.07, 6.45) is 2.86. The number of benzene rings is 2. The molecule has 5 rings (SSSR count). The standard InChI is InChI=1S/C19H13FN4O3S/c20-12-3-1-2-4-14(12)24-10-11(9-21-24)18(25)23-19-22-13-7-15-16(8-17(13)28-19)27-6-5-26-15/h1-4,7-10H,5-6H2,(H,22,23,25). The van der Waals surface area contributed by atoms with Crippen LogP contribution in [0.25, 0.3) is 15.9 Å². The SMILES string of the molecule is O=C(Nc1nc2cc3c(cc2s1)OCCO3)c1cnn(-c2ccccc2F)c1. The number of hydrogen-bond donors (Lipinski definition) is 1. The fourth-order valence-corrected chi connectivity index (χ4v) is 3.77. The Morgan fingerprint density at radius 2 is 1.96 bits per heavy atom. The van der Waals surface area contributed by atoms with Crippen molar-refractivity contribution in [3.63, 3.8) is 0 Å². The van der Waals surface area contributed by atoms with Crippen molar-refractivity contribution >= 4 is 32.6 Å². The highest BCUT2D eigenvalue weighted by Gasteiger charge is 2.17. The largest absolute Gasteiger partial charge is 0.486 e. The van der Waals surface area contributed by atoms with Crippen LogP contribution in [0.15, 0.2) is 48.8 Å². The van der Waals surface area contributed by atoms with E-state index in [-0.39, 0.29) is 11.6 Å². The zero-order valence-electron chi connectivity index (χ0n) is 14.4. The van der Waals surface area contributed by atoms with Crippen molar-refractivity contribution in [1.29, 1.82) is 0 Å². The minimum atomic E-state index is -0.419.